The second-order valence-corrected chi connectivity index (χ2v) is 5.97. The molecule has 112 valence electrons. The standard InChI is InChI=1S/C14H15FN2O3S/c1-20-14-7-6-13(8-10(14)9-16)21(18,19)17-12-4-2-11(15)3-5-12/h2-8,17H,9,16H2,1H3. The van der Waals surface area contributed by atoms with Crippen molar-refractivity contribution in [3.63, 3.8) is 0 Å². The van der Waals surface area contributed by atoms with E-state index in [0.717, 1.165) is 0 Å². The summed E-state index contributed by atoms with van der Waals surface area (Å²) < 4.78 is 44.8. The predicted octanol–water partition coefficient (Wildman–Crippen LogP) is 2.09. The maximum atomic E-state index is 12.8. The first kappa shape index (κ1) is 15.3. The summed E-state index contributed by atoms with van der Waals surface area (Å²) in [4.78, 5) is 0.0630. The van der Waals surface area contributed by atoms with Crippen LogP contribution in [0.2, 0.25) is 0 Å². The van der Waals surface area contributed by atoms with E-state index in [1.807, 2.05) is 0 Å². The molecule has 0 aliphatic heterocycles. The number of methoxy groups -OCH3 is 1. The topological polar surface area (TPSA) is 81.4 Å². The first-order chi connectivity index (χ1) is 9.96. The van der Waals surface area contributed by atoms with Crippen molar-refractivity contribution in [1.29, 1.82) is 0 Å². The van der Waals surface area contributed by atoms with Crippen LogP contribution in [0.3, 0.4) is 0 Å². The molecule has 0 saturated heterocycles. The van der Waals surface area contributed by atoms with E-state index in [1.165, 1.54) is 43.5 Å². The Morgan fingerprint density at radius 1 is 1.19 bits per heavy atom. The molecule has 2 rings (SSSR count). The van der Waals surface area contributed by atoms with Crippen LogP contribution in [0.4, 0.5) is 10.1 Å². The highest BCUT2D eigenvalue weighted by Crippen LogP contribution is 2.23. The number of ether oxygens (including phenoxy) is 1. The Morgan fingerprint density at radius 3 is 2.43 bits per heavy atom. The number of benzene rings is 2. The molecule has 0 bridgehead atoms. The third-order valence-electron chi connectivity index (χ3n) is 2.88. The Balaban J connectivity index is 2.33. The normalized spacial score (nSPS) is 11.2. The summed E-state index contributed by atoms with van der Waals surface area (Å²) in [6.45, 7) is 0.156. The second kappa shape index (κ2) is 6.11. The van der Waals surface area contributed by atoms with Crippen molar-refractivity contribution in [3.05, 3.63) is 53.8 Å². The Hall–Kier alpha value is -2.12. The van der Waals surface area contributed by atoms with Gasteiger partial charge in [0, 0.05) is 17.8 Å². The summed E-state index contributed by atoms with van der Waals surface area (Å²) in [5, 5.41) is 0. The molecule has 2 aromatic carbocycles. The quantitative estimate of drug-likeness (QED) is 0.886. The van der Waals surface area contributed by atoms with Gasteiger partial charge in [0.2, 0.25) is 0 Å². The van der Waals surface area contributed by atoms with Gasteiger partial charge >= 0.3 is 0 Å². The van der Waals surface area contributed by atoms with Crippen molar-refractivity contribution >= 4 is 15.7 Å². The predicted molar refractivity (Wildman–Crippen MR) is 78.1 cm³/mol. The van der Waals surface area contributed by atoms with E-state index in [0.29, 0.717) is 11.3 Å². The van der Waals surface area contributed by atoms with Crippen molar-refractivity contribution in [3.8, 4) is 5.75 Å². The van der Waals surface area contributed by atoms with Crippen LogP contribution in [0.5, 0.6) is 5.75 Å². The molecule has 0 aliphatic carbocycles. The highest BCUT2D eigenvalue weighted by atomic mass is 32.2. The first-order valence-electron chi connectivity index (χ1n) is 6.11. The van der Waals surface area contributed by atoms with Crippen LogP contribution in [0.25, 0.3) is 0 Å². The van der Waals surface area contributed by atoms with Crippen molar-refractivity contribution in [2.45, 2.75) is 11.4 Å². The minimum absolute atomic E-state index is 0.0630. The van der Waals surface area contributed by atoms with Gasteiger partial charge in [0.1, 0.15) is 11.6 Å². The zero-order chi connectivity index (χ0) is 15.5. The molecule has 7 heteroatoms. The van der Waals surface area contributed by atoms with Crippen LogP contribution in [-0.4, -0.2) is 15.5 Å². The van der Waals surface area contributed by atoms with Gasteiger partial charge < -0.3 is 10.5 Å². The summed E-state index contributed by atoms with van der Waals surface area (Å²) in [7, 11) is -2.28. The Labute approximate surface area is 122 Å². The Morgan fingerprint density at radius 2 is 1.86 bits per heavy atom. The van der Waals surface area contributed by atoms with Gasteiger partial charge in [0.25, 0.3) is 10.0 Å². The Bertz CT molecular complexity index is 730. The minimum Gasteiger partial charge on any atom is -0.496 e. The van der Waals surface area contributed by atoms with Gasteiger partial charge in [-0.15, -0.1) is 0 Å². The van der Waals surface area contributed by atoms with Gasteiger partial charge in [-0.25, -0.2) is 12.8 Å². The average Bonchev–Trinajstić information content (AvgIpc) is 2.48. The van der Waals surface area contributed by atoms with Crippen LogP contribution in [0, 0.1) is 5.82 Å². The molecule has 0 saturated carbocycles. The third-order valence-corrected chi connectivity index (χ3v) is 4.26. The number of anilines is 1. The number of nitrogens with two attached hydrogens (primary N) is 1. The smallest absolute Gasteiger partial charge is 0.261 e. The fraction of sp³-hybridized carbons (Fsp3) is 0.143. The second-order valence-electron chi connectivity index (χ2n) is 4.29. The summed E-state index contributed by atoms with van der Waals surface area (Å²) in [6, 6.07) is 9.46. The zero-order valence-electron chi connectivity index (χ0n) is 11.3. The molecule has 0 atom stereocenters. The lowest BCUT2D eigenvalue weighted by Crippen LogP contribution is -2.14. The largest absolute Gasteiger partial charge is 0.496 e. The number of hydrogen-bond donors (Lipinski definition) is 2. The van der Waals surface area contributed by atoms with Gasteiger partial charge in [-0.05, 0) is 42.5 Å². The minimum atomic E-state index is -3.77. The summed E-state index contributed by atoms with van der Waals surface area (Å²) in [5.74, 6) is 0.0889. The summed E-state index contributed by atoms with van der Waals surface area (Å²) in [6.07, 6.45) is 0. The fourth-order valence-electron chi connectivity index (χ4n) is 1.81. The lowest BCUT2D eigenvalue weighted by atomic mass is 10.2. The number of rotatable bonds is 5. The van der Waals surface area contributed by atoms with Crippen molar-refractivity contribution < 1.29 is 17.5 Å². The van der Waals surface area contributed by atoms with Crippen LogP contribution in [0.15, 0.2) is 47.4 Å². The van der Waals surface area contributed by atoms with Crippen molar-refractivity contribution in [2.75, 3.05) is 11.8 Å². The van der Waals surface area contributed by atoms with E-state index in [4.69, 9.17) is 10.5 Å². The number of halogens is 1. The Kier molecular flexibility index (Phi) is 4.44. The molecule has 0 unspecified atom stereocenters. The molecule has 0 spiro atoms. The molecule has 0 fully saturated rings. The molecule has 0 heterocycles. The molecule has 2 aromatic rings. The van der Waals surface area contributed by atoms with Crippen LogP contribution in [-0.2, 0) is 16.6 Å². The van der Waals surface area contributed by atoms with Crippen LogP contribution >= 0.6 is 0 Å². The van der Waals surface area contributed by atoms with Crippen LogP contribution < -0.4 is 15.2 Å². The number of hydrogen-bond acceptors (Lipinski definition) is 4. The van der Waals surface area contributed by atoms with Crippen LogP contribution in [0.1, 0.15) is 5.56 Å². The lowest BCUT2D eigenvalue weighted by Gasteiger charge is -2.11. The van der Waals surface area contributed by atoms with Gasteiger partial charge in [-0.2, -0.15) is 0 Å². The molecule has 0 amide bonds. The molecule has 3 N–H and O–H groups in total. The fourth-order valence-corrected chi connectivity index (χ4v) is 2.92. The van der Waals surface area contributed by atoms with Crippen molar-refractivity contribution in [2.24, 2.45) is 5.73 Å². The molecule has 0 aromatic heterocycles. The third kappa shape index (κ3) is 3.50. The summed E-state index contributed by atoms with van der Waals surface area (Å²) >= 11 is 0. The van der Waals surface area contributed by atoms with E-state index in [2.05, 4.69) is 4.72 Å². The van der Waals surface area contributed by atoms with Gasteiger partial charge in [-0.1, -0.05) is 0 Å². The monoisotopic (exact) mass is 310 g/mol. The number of nitrogens with one attached hydrogen (secondary N) is 1. The summed E-state index contributed by atoms with van der Waals surface area (Å²) in [5.41, 5.74) is 6.43. The molecule has 0 aliphatic rings. The maximum Gasteiger partial charge on any atom is 0.261 e. The highest BCUT2D eigenvalue weighted by Gasteiger charge is 2.16. The van der Waals surface area contributed by atoms with Gasteiger partial charge in [0.05, 0.1) is 12.0 Å². The van der Waals surface area contributed by atoms with Gasteiger partial charge in [-0.3, -0.25) is 4.72 Å². The average molecular weight is 310 g/mol. The lowest BCUT2D eigenvalue weighted by molar-refractivity contribution is 0.409. The number of sulfonamides is 1. The van der Waals surface area contributed by atoms with Gasteiger partial charge in [0.15, 0.2) is 0 Å². The molecular formula is C14H15FN2O3S. The van der Waals surface area contributed by atoms with E-state index in [9.17, 15) is 12.8 Å². The molecular weight excluding hydrogens is 295 g/mol. The first-order valence-corrected chi connectivity index (χ1v) is 7.60. The molecule has 21 heavy (non-hydrogen) atoms. The van der Waals surface area contributed by atoms with E-state index < -0.39 is 15.8 Å². The zero-order valence-corrected chi connectivity index (χ0v) is 12.2. The molecule has 0 radical (unpaired) electrons. The highest BCUT2D eigenvalue weighted by molar-refractivity contribution is 7.92. The maximum absolute atomic E-state index is 12.8. The van der Waals surface area contributed by atoms with E-state index >= 15 is 0 Å². The SMILES string of the molecule is COc1ccc(S(=O)(=O)Nc2ccc(F)cc2)cc1CN. The van der Waals surface area contributed by atoms with Crippen molar-refractivity contribution in [1.82, 2.24) is 0 Å². The van der Waals surface area contributed by atoms with E-state index in [1.54, 1.807) is 6.07 Å². The van der Waals surface area contributed by atoms with E-state index in [-0.39, 0.29) is 17.1 Å². The molecule has 5 nitrogen and oxygen atoms in total.